The molecule has 3 heterocycles. The molecule has 8 heteroatoms. The van der Waals surface area contributed by atoms with Crippen molar-refractivity contribution in [3.8, 4) is 0 Å². The maximum absolute atomic E-state index is 14.8. The molecule has 2 unspecified atom stereocenters. The first kappa shape index (κ1) is 27.5. The molecule has 7 nitrogen and oxygen atoms in total. The van der Waals surface area contributed by atoms with E-state index in [4.69, 9.17) is 0 Å². The number of fused-ring (bicyclic) bond motifs is 2. The fraction of sp³-hybridized carbons (Fsp3) is 0.364. The van der Waals surface area contributed by atoms with Crippen molar-refractivity contribution < 1.29 is 24.6 Å². The Balaban J connectivity index is 1.47. The average molecular weight is 571 g/mol. The number of carboxylic acids is 1. The molecule has 3 aliphatic heterocycles. The van der Waals surface area contributed by atoms with Crippen LogP contribution >= 0.6 is 11.8 Å². The molecule has 6 atom stereocenters. The van der Waals surface area contributed by atoms with Crippen LogP contribution in [0.5, 0.6) is 0 Å². The summed E-state index contributed by atoms with van der Waals surface area (Å²) in [5.74, 6) is -3.37. The highest BCUT2D eigenvalue weighted by atomic mass is 32.2. The van der Waals surface area contributed by atoms with Crippen molar-refractivity contribution in [2.45, 2.75) is 47.8 Å². The minimum Gasteiger partial charge on any atom is -0.481 e. The van der Waals surface area contributed by atoms with Crippen molar-refractivity contribution in [1.29, 1.82) is 0 Å². The van der Waals surface area contributed by atoms with Crippen LogP contribution in [0.3, 0.4) is 0 Å². The van der Waals surface area contributed by atoms with Gasteiger partial charge in [-0.15, -0.1) is 18.3 Å². The van der Waals surface area contributed by atoms with Crippen LogP contribution in [-0.2, 0) is 20.8 Å². The molecule has 1 spiro atoms. The van der Waals surface area contributed by atoms with E-state index in [2.05, 4.69) is 6.58 Å². The number of rotatable bonds is 9. The molecule has 0 aliphatic carbocycles. The number of benzene rings is 3. The molecule has 0 saturated carbocycles. The van der Waals surface area contributed by atoms with E-state index in [-0.39, 0.29) is 25.0 Å². The average Bonchev–Trinajstić information content (AvgIpc) is 3.55. The number of carbonyl (C=O) groups excluding carboxylic acids is 2. The number of thioether (sulfide) groups is 1. The van der Waals surface area contributed by atoms with Gasteiger partial charge in [0.05, 0.1) is 29.2 Å². The molecule has 6 rings (SSSR count). The molecule has 2 N–H and O–H groups in total. The first-order valence-corrected chi connectivity index (χ1v) is 14.9. The van der Waals surface area contributed by atoms with Gasteiger partial charge in [-0.3, -0.25) is 14.4 Å². The molecular weight excluding hydrogens is 536 g/mol. The van der Waals surface area contributed by atoms with Gasteiger partial charge in [0.2, 0.25) is 5.91 Å². The standard InChI is InChI=1S/C33H34N2O5S/c1-3-17-34(24-14-13-22-11-7-8-12-23(22)19-24)30(38)28-33-16-15-32(2,41-33)27(31(39)40)26(33)29(37)35(28)25(20-36)18-21-9-5-4-6-10-21/h3-14,19,25-28,36H,1,15-18,20H2,2H3,(H,39,40)/t25-,26+,27-,28?,32+,33?/m1/s1. The van der Waals surface area contributed by atoms with Gasteiger partial charge in [-0.2, -0.15) is 0 Å². The molecule has 2 bridgehead atoms. The molecule has 41 heavy (non-hydrogen) atoms. The summed E-state index contributed by atoms with van der Waals surface area (Å²) in [6.07, 6.45) is 3.19. The lowest BCUT2D eigenvalue weighted by Gasteiger charge is -2.39. The lowest BCUT2D eigenvalue weighted by molar-refractivity contribution is -0.150. The minimum absolute atomic E-state index is 0.225. The number of hydrogen-bond acceptors (Lipinski definition) is 5. The van der Waals surface area contributed by atoms with E-state index in [0.29, 0.717) is 24.9 Å². The van der Waals surface area contributed by atoms with E-state index in [1.165, 1.54) is 11.8 Å². The van der Waals surface area contributed by atoms with Crippen LogP contribution in [0.1, 0.15) is 25.3 Å². The van der Waals surface area contributed by atoms with Crippen molar-refractivity contribution in [1.82, 2.24) is 4.90 Å². The zero-order valence-electron chi connectivity index (χ0n) is 23.0. The summed E-state index contributed by atoms with van der Waals surface area (Å²) >= 11 is 1.50. The number of carbonyl (C=O) groups is 3. The molecule has 3 aromatic rings. The topological polar surface area (TPSA) is 98.2 Å². The van der Waals surface area contributed by atoms with Crippen molar-refractivity contribution in [2.75, 3.05) is 18.1 Å². The van der Waals surface area contributed by atoms with Crippen molar-refractivity contribution in [3.05, 3.63) is 91.0 Å². The van der Waals surface area contributed by atoms with Crippen LogP contribution in [-0.4, -0.2) is 67.6 Å². The molecule has 3 aliphatic rings. The second-order valence-corrected chi connectivity index (χ2v) is 13.5. The van der Waals surface area contributed by atoms with Crippen molar-refractivity contribution in [3.63, 3.8) is 0 Å². The van der Waals surface area contributed by atoms with Gasteiger partial charge in [0, 0.05) is 17.0 Å². The molecule has 0 radical (unpaired) electrons. The minimum atomic E-state index is -1.01. The number of aliphatic hydroxyl groups excluding tert-OH is 1. The fourth-order valence-corrected chi connectivity index (χ4v) is 9.82. The maximum Gasteiger partial charge on any atom is 0.308 e. The van der Waals surface area contributed by atoms with Crippen LogP contribution in [0, 0.1) is 11.8 Å². The lowest BCUT2D eigenvalue weighted by atomic mass is 9.66. The Kier molecular flexibility index (Phi) is 6.94. The largest absolute Gasteiger partial charge is 0.481 e. The van der Waals surface area contributed by atoms with Gasteiger partial charge in [0.1, 0.15) is 6.04 Å². The lowest BCUT2D eigenvalue weighted by Crippen LogP contribution is -2.58. The monoisotopic (exact) mass is 570 g/mol. The van der Waals surface area contributed by atoms with Gasteiger partial charge < -0.3 is 20.0 Å². The zero-order chi connectivity index (χ0) is 28.9. The van der Waals surface area contributed by atoms with E-state index >= 15 is 0 Å². The van der Waals surface area contributed by atoms with Gasteiger partial charge in [-0.1, -0.05) is 66.7 Å². The van der Waals surface area contributed by atoms with Gasteiger partial charge >= 0.3 is 5.97 Å². The molecule has 212 valence electrons. The normalized spacial score (nSPS) is 29.0. The van der Waals surface area contributed by atoms with Gasteiger partial charge in [-0.05, 0) is 54.7 Å². The predicted molar refractivity (Wildman–Crippen MR) is 161 cm³/mol. The number of aliphatic hydroxyl groups is 1. The first-order valence-electron chi connectivity index (χ1n) is 14.0. The molecule has 3 saturated heterocycles. The van der Waals surface area contributed by atoms with E-state index in [1.54, 1.807) is 15.9 Å². The third kappa shape index (κ3) is 4.27. The molecule has 0 aromatic heterocycles. The summed E-state index contributed by atoms with van der Waals surface area (Å²) in [5, 5.41) is 23.0. The Hall–Kier alpha value is -3.62. The maximum atomic E-state index is 14.8. The second kappa shape index (κ2) is 10.3. The number of amides is 2. The van der Waals surface area contributed by atoms with E-state index in [0.717, 1.165) is 16.3 Å². The highest BCUT2D eigenvalue weighted by Crippen LogP contribution is 2.71. The molecule has 3 fully saturated rings. The first-order chi connectivity index (χ1) is 19.7. The fourth-order valence-electron chi connectivity index (χ4n) is 7.49. The summed E-state index contributed by atoms with van der Waals surface area (Å²) < 4.78 is -1.54. The van der Waals surface area contributed by atoms with Crippen LogP contribution in [0.2, 0.25) is 0 Å². The highest BCUT2D eigenvalue weighted by Gasteiger charge is 2.78. The number of carboxylic acid groups (broad SMARTS) is 1. The Morgan fingerprint density at radius 1 is 1.10 bits per heavy atom. The SMILES string of the molecule is C=CCN(C(=O)C1N([C@@H](CO)Cc2ccccc2)C(=O)[C@@H]2[C@H](C(=O)O)[C@]3(C)CCC12S3)c1ccc2ccccc2c1. The summed E-state index contributed by atoms with van der Waals surface area (Å²) in [5.41, 5.74) is 1.61. The Morgan fingerprint density at radius 2 is 1.80 bits per heavy atom. The highest BCUT2D eigenvalue weighted by molar-refractivity contribution is 8.02. The summed E-state index contributed by atoms with van der Waals surface area (Å²) in [6.45, 7) is 5.70. The number of nitrogens with zero attached hydrogens (tertiary/aromatic N) is 2. The Labute approximate surface area is 243 Å². The van der Waals surface area contributed by atoms with Gasteiger partial charge in [0.15, 0.2) is 0 Å². The van der Waals surface area contributed by atoms with Crippen molar-refractivity contribution >= 4 is 46.0 Å². The number of likely N-dealkylation sites (tertiary alicyclic amines) is 1. The second-order valence-electron chi connectivity index (χ2n) is 11.6. The van der Waals surface area contributed by atoms with Crippen LogP contribution in [0.4, 0.5) is 5.69 Å². The van der Waals surface area contributed by atoms with Crippen LogP contribution in [0.25, 0.3) is 10.8 Å². The van der Waals surface area contributed by atoms with E-state index in [9.17, 15) is 24.6 Å². The number of aliphatic carboxylic acids is 1. The molecule has 3 aromatic carbocycles. The predicted octanol–water partition coefficient (Wildman–Crippen LogP) is 4.53. The smallest absolute Gasteiger partial charge is 0.308 e. The third-order valence-electron chi connectivity index (χ3n) is 9.26. The summed E-state index contributed by atoms with van der Waals surface area (Å²) in [6, 6.07) is 21.7. The molecular formula is C33H34N2O5S. The zero-order valence-corrected chi connectivity index (χ0v) is 23.8. The van der Waals surface area contributed by atoms with Gasteiger partial charge in [-0.25, -0.2) is 0 Å². The van der Waals surface area contributed by atoms with Crippen LogP contribution < -0.4 is 4.90 Å². The van der Waals surface area contributed by atoms with E-state index in [1.807, 2.05) is 79.7 Å². The molecule has 2 amide bonds. The Bertz CT molecular complexity index is 1530. The quantitative estimate of drug-likeness (QED) is 0.367. The summed E-state index contributed by atoms with van der Waals surface area (Å²) in [7, 11) is 0. The van der Waals surface area contributed by atoms with Gasteiger partial charge in [0.25, 0.3) is 5.91 Å². The Morgan fingerprint density at radius 3 is 2.49 bits per heavy atom. The third-order valence-corrected chi connectivity index (χ3v) is 11.2. The number of anilines is 1. The summed E-state index contributed by atoms with van der Waals surface area (Å²) in [4.78, 5) is 45.1. The van der Waals surface area contributed by atoms with E-state index < -0.39 is 39.4 Å². The van der Waals surface area contributed by atoms with Crippen molar-refractivity contribution in [2.24, 2.45) is 11.8 Å². The van der Waals surface area contributed by atoms with Crippen LogP contribution in [0.15, 0.2) is 85.5 Å². The number of hydrogen-bond donors (Lipinski definition) is 2.